The number of amides is 2. The van der Waals surface area contributed by atoms with Gasteiger partial charge < -0.3 is 19.3 Å². The van der Waals surface area contributed by atoms with Gasteiger partial charge >= 0.3 is 0 Å². The number of aromatic nitrogens is 2. The van der Waals surface area contributed by atoms with Crippen LogP contribution in [0.15, 0.2) is 18.5 Å². The first-order valence-corrected chi connectivity index (χ1v) is 9.32. The predicted molar refractivity (Wildman–Crippen MR) is 94.3 cm³/mol. The van der Waals surface area contributed by atoms with Crippen molar-refractivity contribution < 1.29 is 19.1 Å². The monoisotopic (exact) mass is 364 g/mol. The molecule has 1 aromatic heterocycles. The summed E-state index contributed by atoms with van der Waals surface area (Å²) >= 11 is 0. The first-order chi connectivity index (χ1) is 12.7. The van der Waals surface area contributed by atoms with E-state index in [1.54, 1.807) is 11.1 Å². The second-order valence-corrected chi connectivity index (χ2v) is 6.95. The zero-order chi connectivity index (χ0) is 18.4. The Bertz CT molecular complexity index is 584. The SMILES string of the molecule is COCC(=O)N1CCC(C(=O)N2CCCO[C@H](Cn3cccn3)C2)CC1. The Balaban J connectivity index is 1.52. The topological polar surface area (TPSA) is 76.9 Å². The number of piperidine rings is 1. The van der Waals surface area contributed by atoms with E-state index in [2.05, 4.69) is 5.10 Å². The van der Waals surface area contributed by atoms with Crippen molar-refractivity contribution >= 4 is 11.8 Å². The van der Waals surface area contributed by atoms with Gasteiger partial charge in [-0.3, -0.25) is 14.3 Å². The second kappa shape index (κ2) is 9.14. The summed E-state index contributed by atoms with van der Waals surface area (Å²) in [5.74, 6) is 0.186. The van der Waals surface area contributed by atoms with Crippen molar-refractivity contribution in [2.24, 2.45) is 5.92 Å². The van der Waals surface area contributed by atoms with Crippen LogP contribution < -0.4 is 0 Å². The van der Waals surface area contributed by atoms with Gasteiger partial charge in [-0.25, -0.2) is 0 Å². The number of carbonyl (C=O) groups is 2. The van der Waals surface area contributed by atoms with Crippen LogP contribution in [0.2, 0.25) is 0 Å². The highest BCUT2D eigenvalue weighted by Crippen LogP contribution is 2.21. The molecule has 0 radical (unpaired) electrons. The Labute approximate surface area is 154 Å². The fourth-order valence-electron chi connectivity index (χ4n) is 3.67. The summed E-state index contributed by atoms with van der Waals surface area (Å²) in [6.45, 7) is 4.01. The van der Waals surface area contributed by atoms with Gasteiger partial charge in [0.25, 0.3) is 0 Å². The highest BCUT2D eigenvalue weighted by molar-refractivity contribution is 5.80. The lowest BCUT2D eigenvalue weighted by Crippen LogP contribution is -2.47. The Hall–Kier alpha value is -1.93. The van der Waals surface area contributed by atoms with Crippen LogP contribution in [-0.2, 0) is 25.6 Å². The molecule has 1 aromatic rings. The molecule has 8 nitrogen and oxygen atoms in total. The van der Waals surface area contributed by atoms with E-state index in [-0.39, 0.29) is 30.4 Å². The Kier molecular flexibility index (Phi) is 6.62. The van der Waals surface area contributed by atoms with Crippen molar-refractivity contribution in [1.29, 1.82) is 0 Å². The van der Waals surface area contributed by atoms with Gasteiger partial charge in [0.15, 0.2) is 0 Å². The third-order valence-electron chi connectivity index (χ3n) is 5.08. The fraction of sp³-hybridized carbons (Fsp3) is 0.722. The first-order valence-electron chi connectivity index (χ1n) is 9.32. The van der Waals surface area contributed by atoms with Crippen LogP contribution in [-0.4, -0.2) is 84.0 Å². The molecule has 2 amide bonds. The Morgan fingerprint density at radius 2 is 2.04 bits per heavy atom. The molecule has 2 aliphatic rings. The molecule has 0 aliphatic carbocycles. The van der Waals surface area contributed by atoms with Gasteiger partial charge in [0.05, 0.1) is 12.6 Å². The normalized spacial score (nSPS) is 22.3. The van der Waals surface area contributed by atoms with Crippen LogP contribution in [0.5, 0.6) is 0 Å². The minimum absolute atomic E-state index is 0.000795. The molecule has 0 unspecified atom stereocenters. The van der Waals surface area contributed by atoms with Crippen molar-refractivity contribution in [3.63, 3.8) is 0 Å². The molecule has 26 heavy (non-hydrogen) atoms. The molecule has 0 saturated carbocycles. The zero-order valence-corrected chi connectivity index (χ0v) is 15.4. The summed E-state index contributed by atoms with van der Waals surface area (Å²) in [7, 11) is 1.52. The van der Waals surface area contributed by atoms with Crippen molar-refractivity contribution in [3.8, 4) is 0 Å². The van der Waals surface area contributed by atoms with E-state index in [1.807, 2.05) is 21.8 Å². The minimum Gasteiger partial charge on any atom is -0.375 e. The smallest absolute Gasteiger partial charge is 0.248 e. The Morgan fingerprint density at radius 1 is 1.23 bits per heavy atom. The Morgan fingerprint density at radius 3 is 2.73 bits per heavy atom. The zero-order valence-electron chi connectivity index (χ0n) is 15.4. The molecule has 144 valence electrons. The van der Waals surface area contributed by atoms with Crippen LogP contribution in [0.3, 0.4) is 0 Å². The summed E-state index contributed by atoms with van der Waals surface area (Å²) in [5.41, 5.74) is 0. The molecular weight excluding hydrogens is 336 g/mol. The quantitative estimate of drug-likeness (QED) is 0.755. The molecule has 0 aromatic carbocycles. The van der Waals surface area contributed by atoms with Crippen LogP contribution in [0.4, 0.5) is 0 Å². The molecule has 1 atom stereocenters. The minimum atomic E-state index is -0.0373. The number of nitrogens with zero attached hydrogens (tertiary/aromatic N) is 4. The van der Waals surface area contributed by atoms with E-state index in [0.717, 1.165) is 25.8 Å². The molecule has 2 fully saturated rings. The van der Waals surface area contributed by atoms with E-state index in [1.165, 1.54) is 7.11 Å². The van der Waals surface area contributed by atoms with E-state index < -0.39 is 0 Å². The molecule has 3 rings (SSSR count). The van der Waals surface area contributed by atoms with Gasteiger partial charge in [0.2, 0.25) is 11.8 Å². The largest absolute Gasteiger partial charge is 0.375 e. The number of carbonyl (C=O) groups excluding carboxylic acids is 2. The average molecular weight is 364 g/mol. The van der Waals surface area contributed by atoms with Gasteiger partial charge in [-0.1, -0.05) is 0 Å². The van der Waals surface area contributed by atoms with Crippen molar-refractivity contribution in [1.82, 2.24) is 19.6 Å². The van der Waals surface area contributed by atoms with Crippen LogP contribution in [0.25, 0.3) is 0 Å². The van der Waals surface area contributed by atoms with Crippen LogP contribution in [0.1, 0.15) is 19.3 Å². The van der Waals surface area contributed by atoms with Crippen molar-refractivity contribution in [2.75, 3.05) is 46.5 Å². The molecule has 2 aliphatic heterocycles. The van der Waals surface area contributed by atoms with Gasteiger partial charge in [-0.15, -0.1) is 0 Å². The number of hydrogen-bond donors (Lipinski definition) is 0. The highest BCUT2D eigenvalue weighted by atomic mass is 16.5. The van der Waals surface area contributed by atoms with Gasteiger partial charge in [-0.2, -0.15) is 5.10 Å². The summed E-state index contributed by atoms with van der Waals surface area (Å²) < 4.78 is 12.7. The standard InChI is InChI=1S/C18H28N4O4/c1-25-14-17(23)20-9-4-15(5-10-20)18(24)21-7-3-11-26-16(12-21)13-22-8-2-6-19-22/h2,6,8,15-16H,3-5,7,9-14H2,1H3/t16-/m0/s1. The number of likely N-dealkylation sites (tertiary alicyclic amines) is 1. The molecule has 0 N–H and O–H groups in total. The van der Waals surface area contributed by atoms with E-state index >= 15 is 0 Å². The van der Waals surface area contributed by atoms with E-state index in [9.17, 15) is 9.59 Å². The summed E-state index contributed by atoms with van der Waals surface area (Å²) in [5, 5.41) is 4.23. The second-order valence-electron chi connectivity index (χ2n) is 6.95. The number of ether oxygens (including phenoxy) is 2. The summed E-state index contributed by atoms with van der Waals surface area (Å²) in [6, 6.07) is 1.89. The third kappa shape index (κ3) is 4.82. The van der Waals surface area contributed by atoms with Crippen LogP contribution >= 0.6 is 0 Å². The maximum Gasteiger partial charge on any atom is 0.248 e. The van der Waals surface area contributed by atoms with Crippen molar-refractivity contribution in [3.05, 3.63) is 18.5 Å². The molecule has 2 saturated heterocycles. The first kappa shape index (κ1) is 18.8. The maximum atomic E-state index is 13.0. The summed E-state index contributed by atoms with van der Waals surface area (Å²) in [6.07, 6.45) is 5.91. The lowest BCUT2D eigenvalue weighted by atomic mass is 9.95. The number of hydrogen-bond acceptors (Lipinski definition) is 5. The molecular formula is C18H28N4O4. The fourth-order valence-corrected chi connectivity index (χ4v) is 3.67. The third-order valence-corrected chi connectivity index (χ3v) is 5.08. The predicted octanol–water partition coefficient (Wildman–Crippen LogP) is 0.386. The van der Waals surface area contributed by atoms with E-state index in [4.69, 9.17) is 9.47 Å². The highest BCUT2D eigenvalue weighted by Gasteiger charge is 2.32. The molecule has 3 heterocycles. The van der Waals surface area contributed by atoms with Crippen LogP contribution in [0, 0.1) is 5.92 Å². The van der Waals surface area contributed by atoms with E-state index in [0.29, 0.717) is 32.8 Å². The summed E-state index contributed by atoms with van der Waals surface area (Å²) in [4.78, 5) is 28.6. The molecule has 0 spiro atoms. The average Bonchev–Trinajstić information content (AvgIpc) is 3.05. The number of methoxy groups -OCH3 is 1. The van der Waals surface area contributed by atoms with Crippen molar-refractivity contribution in [2.45, 2.75) is 31.9 Å². The maximum absolute atomic E-state index is 13.0. The number of rotatable bonds is 5. The van der Waals surface area contributed by atoms with Gasteiger partial charge in [0.1, 0.15) is 6.61 Å². The lowest BCUT2D eigenvalue weighted by Gasteiger charge is -2.34. The van der Waals surface area contributed by atoms with Gasteiger partial charge in [0, 0.05) is 58.2 Å². The lowest BCUT2D eigenvalue weighted by molar-refractivity contribution is -0.142. The molecule has 8 heteroatoms. The molecule has 0 bridgehead atoms. The van der Waals surface area contributed by atoms with Gasteiger partial charge in [-0.05, 0) is 25.3 Å².